The SMILES string of the molecule is NC1(C(=O)NCc2ccoc2)CCCCC1. The van der Waals surface area contributed by atoms with Gasteiger partial charge >= 0.3 is 0 Å². The minimum atomic E-state index is -0.651. The molecule has 0 spiro atoms. The first-order valence-electron chi connectivity index (χ1n) is 5.79. The zero-order valence-electron chi connectivity index (χ0n) is 9.37. The summed E-state index contributed by atoms with van der Waals surface area (Å²) in [4.78, 5) is 11.9. The number of hydrogen-bond donors (Lipinski definition) is 2. The van der Waals surface area contributed by atoms with E-state index in [1.807, 2.05) is 6.07 Å². The smallest absolute Gasteiger partial charge is 0.240 e. The van der Waals surface area contributed by atoms with E-state index in [0.29, 0.717) is 6.54 Å². The van der Waals surface area contributed by atoms with Crippen molar-refractivity contribution in [1.29, 1.82) is 0 Å². The molecular weight excluding hydrogens is 204 g/mol. The molecule has 4 heteroatoms. The van der Waals surface area contributed by atoms with Gasteiger partial charge < -0.3 is 15.5 Å². The van der Waals surface area contributed by atoms with Crippen LogP contribution in [0.3, 0.4) is 0 Å². The van der Waals surface area contributed by atoms with E-state index in [9.17, 15) is 4.79 Å². The fourth-order valence-electron chi connectivity index (χ4n) is 2.16. The molecule has 2 rings (SSSR count). The Morgan fingerprint density at radius 3 is 2.81 bits per heavy atom. The van der Waals surface area contributed by atoms with Crippen molar-refractivity contribution >= 4 is 5.91 Å². The molecule has 1 fully saturated rings. The van der Waals surface area contributed by atoms with Crippen LogP contribution in [0.5, 0.6) is 0 Å². The number of hydrogen-bond acceptors (Lipinski definition) is 3. The van der Waals surface area contributed by atoms with Crippen molar-refractivity contribution in [1.82, 2.24) is 5.32 Å². The van der Waals surface area contributed by atoms with Crippen molar-refractivity contribution < 1.29 is 9.21 Å². The molecule has 1 aliphatic rings. The number of carbonyl (C=O) groups is 1. The third kappa shape index (κ3) is 2.44. The first-order valence-corrected chi connectivity index (χ1v) is 5.79. The van der Waals surface area contributed by atoms with Gasteiger partial charge in [-0.1, -0.05) is 19.3 Å². The quantitative estimate of drug-likeness (QED) is 0.815. The molecule has 0 saturated heterocycles. The summed E-state index contributed by atoms with van der Waals surface area (Å²) in [5.41, 5.74) is 6.42. The molecule has 0 aromatic carbocycles. The van der Waals surface area contributed by atoms with Gasteiger partial charge in [0, 0.05) is 12.1 Å². The van der Waals surface area contributed by atoms with E-state index in [4.69, 9.17) is 10.2 Å². The predicted octanol–water partition coefficient (Wildman–Crippen LogP) is 1.56. The van der Waals surface area contributed by atoms with E-state index in [2.05, 4.69) is 5.32 Å². The van der Waals surface area contributed by atoms with Crippen molar-refractivity contribution in [3.63, 3.8) is 0 Å². The van der Waals surface area contributed by atoms with E-state index in [1.165, 1.54) is 6.42 Å². The lowest BCUT2D eigenvalue weighted by molar-refractivity contribution is -0.127. The molecule has 1 aromatic rings. The number of rotatable bonds is 3. The minimum absolute atomic E-state index is 0.0339. The number of furan rings is 1. The van der Waals surface area contributed by atoms with Gasteiger partial charge in [0.05, 0.1) is 18.1 Å². The van der Waals surface area contributed by atoms with Crippen LogP contribution in [0.15, 0.2) is 23.0 Å². The lowest BCUT2D eigenvalue weighted by Crippen LogP contribution is -2.54. The molecule has 0 aliphatic heterocycles. The maximum atomic E-state index is 11.9. The van der Waals surface area contributed by atoms with Gasteiger partial charge in [-0.05, 0) is 18.9 Å². The topological polar surface area (TPSA) is 68.3 Å². The fourth-order valence-corrected chi connectivity index (χ4v) is 2.16. The zero-order chi connectivity index (χ0) is 11.4. The minimum Gasteiger partial charge on any atom is -0.472 e. The molecule has 1 amide bonds. The molecule has 0 atom stereocenters. The summed E-state index contributed by atoms with van der Waals surface area (Å²) in [7, 11) is 0. The van der Waals surface area contributed by atoms with Crippen molar-refractivity contribution in [2.45, 2.75) is 44.2 Å². The Hall–Kier alpha value is -1.29. The predicted molar refractivity (Wildman–Crippen MR) is 60.6 cm³/mol. The maximum Gasteiger partial charge on any atom is 0.240 e. The third-order valence-electron chi connectivity index (χ3n) is 3.23. The molecule has 1 aromatic heterocycles. The summed E-state index contributed by atoms with van der Waals surface area (Å²) in [6.07, 6.45) is 8.11. The highest BCUT2D eigenvalue weighted by atomic mass is 16.3. The summed E-state index contributed by atoms with van der Waals surface area (Å²) in [5.74, 6) is -0.0339. The molecule has 0 bridgehead atoms. The van der Waals surface area contributed by atoms with E-state index >= 15 is 0 Å². The highest BCUT2D eigenvalue weighted by molar-refractivity contribution is 5.86. The lowest BCUT2D eigenvalue weighted by Gasteiger charge is -2.31. The van der Waals surface area contributed by atoms with Crippen molar-refractivity contribution in [2.24, 2.45) is 5.73 Å². The summed E-state index contributed by atoms with van der Waals surface area (Å²) >= 11 is 0. The van der Waals surface area contributed by atoms with Gasteiger partial charge in [0.15, 0.2) is 0 Å². The van der Waals surface area contributed by atoms with Gasteiger partial charge in [0.1, 0.15) is 0 Å². The van der Waals surface area contributed by atoms with E-state index < -0.39 is 5.54 Å². The molecule has 3 N–H and O–H groups in total. The Kier molecular flexibility index (Phi) is 3.29. The van der Waals surface area contributed by atoms with Crippen LogP contribution in [0.2, 0.25) is 0 Å². The van der Waals surface area contributed by atoms with Crippen molar-refractivity contribution in [2.75, 3.05) is 0 Å². The second-order valence-corrected chi connectivity index (χ2v) is 4.53. The fraction of sp³-hybridized carbons (Fsp3) is 0.583. The lowest BCUT2D eigenvalue weighted by atomic mass is 9.82. The van der Waals surface area contributed by atoms with Gasteiger partial charge in [0.2, 0.25) is 5.91 Å². The Bertz CT molecular complexity index is 340. The number of carbonyl (C=O) groups excluding carboxylic acids is 1. The maximum absolute atomic E-state index is 11.9. The second-order valence-electron chi connectivity index (χ2n) is 4.53. The van der Waals surface area contributed by atoms with Gasteiger partial charge in [-0.2, -0.15) is 0 Å². The Morgan fingerprint density at radius 1 is 1.44 bits per heavy atom. The van der Waals surface area contributed by atoms with Crippen LogP contribution in [-0.4, -0.2) is 11.4 Å². The van der Waals surface area contributed by atoms with E-state index in [1.54, 1.807) is 12.5 Å². The van der Waals surface area contributed by atoms with Crippen LogP contribution >= 0.6 is 0 Å². The summed E-state index contributed by atoms with van der Waals surface area (Å²) < 4.78 is 4.93. The highest BCUT2D eigenvalue weighted by Crippen LogP contribution is 2.25. The average molecular weight is 222 g/mol. The molecule has 0 radical (unpaired) electrons. The molecule has 0 unspecified atom stereocenters. The van der Waals surface area contributed by atoms with E-state index in [0.717, 1.165) is 31.2 Å². The van der Waals surface area contributed by atoms with Crippen LogP contribution in [0.25, 0.3) is 0 Å². The normalized spacial score (nSPS) is 19.3. The van der Waals surface area contributed by atoms with Crippen LogP contribution in [0.4, 0.5) is 0 Å². The van der Waals surface area contributed by atoms with Crippen LogP contribution in [0, 0.1) is 0 Å². The van der Waals surface area contributed by atoms with Crippen LogP contribution in [0.1, 0.15) is 37.7 Å². The molecule has 4 nitrogen and oxygen atoms in total. The van der Waals surface area contributed by atoms with Gasteiger partial charge in [0.25, 0.3) is 0 Å². The highest BCUT2D eigenvalue weighted by Gasteiger charge is 2.34. The molecule has 1 aliphatic carbocycles. The van der Waals surface area contributed by atoms with Crippen molar-refractivity contribution in [3.05, 3.63) is 24.2 Å². The summed E-state index contributed by atoms with van der Waals surface area (Å²) in [6.45, 7) is 0.494. The molecular formula is C12H18N2O2. The molecule has 1 heterocycles. The molecule has 1 saturated carbocycles. The zero-order valence-corrected chi connectivity index (χ0v) is 9.37. The first kappa shape index (κ1) is 11.2. The van der Waals surface area contributed by atoms with Crippen LogP contribution in [-0.2, 0) is 11.3 Å². The summed E-state index contributed by atoms with van der Waals surface area (Å²) in [5, 5.41) is 2.87. The Morgan fingerprint density at radius 2 is 2.19 bits per heavy atom. The standard InChI is InChI=1S/C12H18N2O2/c13-12(5-2-1-3-6-12)11(15)14-8-10-4-7-16-9-10/h4,7,9H,1-3,5-6,8,13H2,(H,14,15). The Balaban J connectivity index is 1.87. The summed E-state index contributed by atoms with van der Waals surface area (Å²) in [6, 6.07) is 1.84. The molecule has 88 valence electrons. The number of amides is 1. The second kappa shape index (κ2) is 4.70. The monoisotopic (exact) mass is 222 g/mol. The first-order chi connectivity index (χ1) is 7.71. The van der Waals surface area contributed by atoms with Crippen LogP contribution < -0.4 is 11.1 Å². The van der Waals surface area contributed by atoms with E-state index in [-0.39, 0.29) is 5.91 Å². The van der Waals surface area contributed by atoms with Crippen molar-refractivity contribution in [3.8, 4) is 0 Å². The Labute approximate surface area is 95.2 Å². The van der Waals surface area contributed by atoms with Gasteiger partial charge in [-0.3, -0.25) is 4.79 Å². The molecule has 16 heavy (non-hydrogen) atoms. The number of nitrogens with one attached hydrogen (secondary N) is 1. The third-order valence-corrected chi connectivity index (χ3v) is 3.23. The largest absolute Gasteiger partial charge is 0.472 e. The van der Waals surface area contributed by atoms with Gasteiger partial charge in [-0.15, -0.1) is 0 Å². The van der Waals surface area contributed by atoms with Gasteiger partial charge in [-0.25, -0.2) is 0 Å². The average Bonchev–Trinajstić information content (AvgIpc) is 2.79. The number of nitrogens with two attached hydrogens (primary N) is 1.